The van der Waals surface area contributed by atoms with E-state index in [1.165, 1.54) is 115 Å². The second-order valence-corrected chi connectivity index (χ2v) is 18.8. The summed E-state index contributed by atoms with van der Waals surface area (Å²) >= 11 is 0. The van der Waals surface area contributed by atoms with Crippen molar-refractivity contribution < 1.29 is 0 Å². The van der Waals surface area contributed by atoms with Crippen molar-refractivity contribution in [2.45, 2.75) is 40.5 Å². The Balaban J connectivity index is 1.28. The van der Waals surface area contributed by atoms with Crippen molar-refractivity contribution in [2.24, 2.45) is 0 Å². The van der Waals surface area contributed by atoms with E-state index in [1.807, 2.05) is 0 Å². The lowest BCUT2D eigenvalue weighted by atomic mass is 9.93. The summed E-state index contributed by atoms with van der Waals surface area (Å²) in [5, 5.41) is 11.5. The quantitative estimate of drug-likeness (QED) is 0.154. The summed E-state index contributed by atoms with van der Waals surface area (Å²) in [6.45, 7) is 8.87. The van der Waals surface area contributed by atoms with Crippen LogP contribution in [0.5, 0.6) is 0 Å². The summed E-state index contributed by atoms with van der Waals surface area (Å²) in [7, 11) is 0. The van der Waals surface area contributed by atoms with Crippen LogP contribution in [-0.2, 0) is 12.8 Å². The Labute approximate surface area is 381 Å². The smallest absolute Gasteiger partial charge is 0.0570 e. The number of rotatable bonds is 2. The van der Waals surface area contributed by atoms with E-state index in [9.17, 15) is 0 Å². The lowest BCUT2D eigenvalue weighted by molar-refractivity contribution is 0.863. The second-order valence-electron chi connectivity index (χ2n) is 18.8. The molecule has 12 bridgehead atoms. The van der Waals surface area contributed by atoms with Crippen LogP contribution in [-0.4, -0.2) is 17.9 Å². The Morgan fingerprint density at radius 3 is 1.47 bits per heavy atom. The standard InChI is InChI=1S/C62H46N4/c1-37-11-19-43(20-12-37)63-45-23-25-46(26-24-45)64(44-21-13-38(2)14-22-44)48-28-32-50-52-10-6-8-40(4)62(52)66(58(50)36-48)56-34-18-42-15-29-53-55(33-17-41-16-30-54(56)60(42)59(41)53)65-57-35-47(63)27-31-49(57)51-9-5-7-39(3)61(51)65/h5-27,29-31,33-36H,28,32H2,1-4H3. The SMILES string of the molecule is Cc1ccc(-n2c3cc4c(c5cccc(C)c5n4c4ccc5ccc6c7c(ccc4c57)ccc6n4c5cc(ccc5c5cccc(C)c54)n(-c4ccc(C)cc4)c4ccc2cc4)CC3)cc1. The van der Waals surface area contributed by atoms with E-state index in [-0.39, 0.29) is 0 Å². The molecule has 0 amide bonds. The first-order valence-electron chi connectivity index (χ1n) is 23.3. The molecule has 314 valence electrons. The highest BCUT2D eigenvalue weighted by atomic mass is 15.0. The van der Waals surface area contributed by atoms with Gasteiger partial charge in [0.15, 0.2) is 0 Å². The molecule has 0 saturated carbocycles. The van der Waals surface area contributed by atoms with Crippen molar-refractivity contribution in [2.75, 3.05) is 0 Å². The molecule has 10 aromatic carbocycles. The molecule has 1 aliphatic carbocycles. The summed E-state index contributed by atoms with van der Waals surface area (Å²) in [5.41, 5.74) is 20.7. The number of para-hydroxylation sites is 2. The molecule has 0 atom stereocenters. The number of hydrogen-bond acceptors (Lipinski definition) is 0. The third-order valence-corrected chi connectivity index (χ3v) is 14.8. The lowest BCUT2D eigenvalue weighted by Crippen LogP contribution is -2.08. The maximum atomic E-state index is 2.60. The van der Waals surface area contributed by atoms with Gasteiger partial charge in [-0.2, -0.15) is 0 Å². The topological polar surface area (TPSA) is 18.7 Å². The number of nitrogens with zero attached hydrogens (tertiary/aromatic N) is 4. The molecular formula is C62H46N4. The molecule has 4 heteroatoms. The molecule has 4 nitrogen and oxygen atoms in total. The van der Waals surface area contributed by atoms with Crippen LogP contribution in [0.1, 0.15) is 33.5 Å². The van der Waals surface area contributed by atoms with E-state index in [2.05, 4.69) is 228 Å². The average Bonchev–Trinajstić information content (AvgIpc) is 3.86. The van der Waals surface area contributed by atoms with Gasteiger partial charge in [0.2, 0.25) is 0 Å². The predicted molar refractivity (Wildman–Crippen MR) is 280 cm³/mol. The fraction of sp³-hybridized carbons (Fsp3) is 0.0968. The minimum Gasteiger partial charge on any atom is -0.314 e. The van der Waals surface area contributed by atoms with Crippen LogP contribution in [0.15, 0.2) is 182 Å². The van der Waals surface area contributed by atoms with E-state index in [0.717, 1.165) is 40.8 Å². The predicted octanol–water partition coefficient (Wildman–Crippen LogP) is 16.0. The number of fused-ring (bicyclic) bond motifs is 6. The number of aryl methyl sites for hydroxylation is 6. The Bertz CT molecular complexity index is 4340. The Morgan fingerprint density at radius 2 is 0.848 bits per heavy atom. The largest absolute Gasteiger partial charge is 0.314 e. The lowest BCUT2D eigenvalue weighted by Gasteiger charge is -2.19. The fourth-order valence-electron chi connectivity index (χ4n) is 11.8. The van der Waals surface area contributed by atoms with E-state index in [1.54, 1.807) is 0 Å². The van der Waals surface area contributed by atoms with Gasteiger partial charge in [-0.05, 0) is 158 Å². The molecule has 0 unspecified atom stereocenters. The molecule has 0 saturated heterocycles. The van der Waals surface area contributed by atoms with Gasteiger partial charge in [-0.3, -0.25) is 0 Å². The molecule has 0 aliphatic heterocycles. The van der Waals surface area contributed by atoms with Crippen LogP contribution < -0.4 is 0 Å². The average molecular weight is 847 g/mol. The van der Waals surface area contributed by atoms with Gasteiger partial charge in [0, 0.05) is 60.5 Å². The van der Waals surface area contributed by atoms with E-state index in [4.69, 9.17) is 0 Å². The van der Waals surface area contributed by atoms with Crippen molar-refractivity contribution in [1.82, 2.24) is 17.9 Å². The van der Waals surface area contributed by atoms with E-state index >= 15 is 0 Å². The van der Waals surface area contributed by atoms with Crippen molar-refractivity contribution in [3.05, 3.63) is 216 Å². The first-order valence-corrected chi connectivity index (χ1v) is 23.3. The van der Waals surface area contributed by atoms with Gasteiger partial charge in [-0.25, -0.2) is 0 Å². The minimum absolute atomic E-state index is 0.917. The van der Waals surface area contributed by atoms with Crippen molar-refractivity contribution in [3.8, 4) is 11.4 Å². The Hall–Kier alpha value is -8.08. The minimum atomic E-state index is 0.917. The van der Waals surface area contributed by atoms with Gasteiger partial charge in [-0.1, -0.05) is 114 Å². The van der Waals surface area contributed by atoms with Crippen molar-refractivity contribution in [3.63, 3.8) is 0 Å². The van der Waals surface area contributed by atoms with Gasteiger partial charge >= 0.3 is 0 Å². The molecule has 4 aromatic heterocycles. The van der Waals surface area contributed by atoms with Crippen LogP contribution in [0, 0.1) is 27.7 Å². The number of aromatic nitrogens is 4. The first kappa shape index (κ1) is 37.3. The van der Waals surface area contributed by atoms with Crippen molar-refractivity contribution in [1.29, 1.82) is 0 Å². The van der Waals surface area contributed by atoms with Gasteiger partial charge in [0.25, 0.3) is 0 Å². The summed E-state index contributed by atoms with van der Waals surface area (Å²) < 4.78 is 10.1. The monoisotopic (exact) mass is 846 g/mol. The zero-order valence-electron chi connectivity index (χ0n) is 37.5. The van der Waals surface area contributed by atoms with Gasteiger partial charge in [0.05, 0.1) is 33.1 Å². The number of benzene rings is 10. The molecule has 0 fully saturated rings. The molecular weight excluding hydrogens is 801 g/mol. The molecule has 4 heterocycles. The van der Waals surface area contributed by atoms with Crippen LogP contribution in [0.2, 0.25) is 0 Å². The molecule has 0 N–H and O–H groups in total. The highest BCUT2D eigenvalue weighted by Crippen LogP contribution is 2.42. The molecule has 1 aliphatic rings. The molecule has 0 radical (unpaired) electrons. The normalized spacial score (nSPS) is 12.7. The number of hydrogen-bond donors (Lipinski definition) is 0. The van der Waals surface area contributed by atoms with E-state index < -0.39 is 0 Å². The molecule has 15 rings (SSSR count). The summed E-state index contributed by atoms with van der Waals surface area (Å²) in [4.78, 5) is 0. The third-order valence-electron chi connectivity index (χ3n) is 14.8. The third kappa shape index (κ3) is 5.21. The van der Waals surface area contributed by atoms with Crippen LogP contribution in [0.3, 0.4) is 0 Å². The summed E-state index contributed by atoms with van der Waals surface area (Å²) in [5.74, 6) is 0. The summed E-state index contributed by atoms with van der Waals surface area (Å²) in [6, 6.07) is 69.3. The van der Waals surface area contributed by atoms with Crippen LogP contribution in [0.25, 0.3) is 110 Å². The Morgan fingerprint density at radius 1 is 0.348 bits per heavy atom. The highest BCUT2D eigenvalue weighted by molar-refractivity contribution is 6.29. The highest BCUT2D eigenvalue weighted by Gasteiger charge is 2.21. The zero-order chi connectivity index (χ0) is 43.9. The van der Waals surface area contributed by atoms with Crippen LogP contribution in [0.4, 0.5) is 0 Å². The molecule has 0 spiro atoms. The summed E-state index contributed by atoms with van der Waals surface area (Å²) in [6.07, 6.45) is 1.86. The van der Waals surface area contributed by atoms with Gasteiger partial charge in [-0.15, -0.1) is 0 Å². The zero-order valence-corrected chi connectivity index (χ0v) is 37.5. The maximum Gasteiger partial charge on any atom is 0.0570 e. The Kier molecular flexibility index (Phi) is 7.75. The first-order chi connectivity index (χ1) is 32.4. The van der Waals surface area contributed by atoms with E-state index in [0.29, 0.717) is 0 Å². The second kappa shape index (κ2) is 13.7. The molecule has 66 heavy (non-hydrogen) atoms. The van der Waals surface area contributed by atoms with Gasteiger partial charge in [0.1, 0.15) is 0 Å². The molecule has 14 aromatic rings. The fourth-order valence-corrected chi connectivity index (χ4v) is 11.8. The van der Waals surface area contributed by atoms with Gasteiger partial charge < -0.3 is 17.9 Å². The maximum absolute atomic E-state index is 2.60. The van der Waals surface area contributed by atoms with Crippen molar-refractivity contribution >= 4 is 98.1 Å². The van der Waals surface area contributed by atoms with Crippen LogP contribution >= 0.6 is 0 Å².